The van der Waals surface area contributed by atoms with Crippen LogP contribution in [0.25, 0.3) is 10.7 Å². The Kier molecular flexibility index (Phi) is 5.08. The molecular formula is C19H20N4OS2. The van der Waals surface area contributed by atoms with Gasteiger partial charge in [0, 0.05) is 7.05 Å². The monoisotopic (exact) mass is 384 g/mol. The first-order valence-corrected chi connectivity index (χ1v) is 10.5. The Bertz CT molecular complexity index is 904. The number of amides is 1. The summed E-state index contributed by atoms with van der Waals surface area (Å²) in [6.45, 7) is 0. The van der Waals surface area contributed by atoms with E-state index in [4.69, 9.17) is 0 Å². The summed E-state index contributed by atoms with van der Waals surface area (Å²) in [4.78, 5) is 13.5. The number of carbonyl (C=O) groups excluding carboxylic acids is 1. The van der Waals surface area contributed by atoms with Gasteiger partial charge >= 0.3 is 0 Å². The molecule has 0 saturated heterocycles. The summed E-state index contributed by atoms with van der Waals surface area (Å²) in [6.07, 6.45) is 3.21. The van der Waals surface area contributed by atoms with E-state index in [-0.39, 0.29) is 11.9 Å². The van der Waals surface area contributed by atoms with Gasteiger partial charge in [0.05, 0.1) is 16.7 Å². The van der Waals surface area contributed by atoms with Crippen molar-refractivity contribution >= 4 is 29.0 Å². The van der Waals surface area contributed by atoms with Crippen LogP contribution in [0.5, 0.6) is 0 Å². The van der Waals surface area contributed by atoms with E-state index >= 15 is 0 Å². The molecule has 0 fully saturated rings. The molecule has 2 aromatic heterocycles. The van der Waals surface area contributed by atoms with Crippen LogP contribution >= 0.6 is 23.1 Å². The lowest BCUT2D eigenvalue weighted by Gasteiger charge is -2.26. The number of aromatic nitrogens is 3. The smallest absolute Gasteiger partial charge is 0.230 e. The fourth-order valence-corrected chi connectivity index (χ4v) is 4.80. The third-order valence-electron chi connectivity index (χ3n) is 4.61. The molecule has 1 aromatic carbocycles. The summed E-state index contributed by atoms with van der Waals surface area (Å²) < 4.78 is 1.94. The number of aryl methyl sites for hydroxylation is 1. The lowest BCUT2D eigenvalue weighted by molar-refractivity contribution is -0.119. The normalized spacial score (nSPS) is 16.3. The fourth-order valence-electron chi connectivity index (χ4n) is 3.33. The average Bonchev–Trinajstić information content (AvgIpc) is 3.30. The number of fused-ring (bicyclic) bond motifs is 1. The molecule has 1 amide bonds. The molecule has 5 nitrogen and oxygen atoms in total. The number of nitrogens with zero attached hydrogens (tertiary/aromatic N) is 3. The van der Waals surface area contributed by atoms with Crippen LogP contribution in [0.4, 0.5) is 0 Å². The predicted octanol–water partition coefficient (Wildman–Crippen LogP) is 3.83. The van der Waals surface area contributed by atoms with Crippen molar-refractivity contribution in [3.8, 4) is 10.7 Å². The molecule has 0 bridgehead atoms. The van der Waals surface area contributed by atoms with E-state index in [9.17, 15) is 4.79 Å². The minimum Gasteiger partial charge on any atom is -0.349 e. The quantitative estimate of drug-likeness (QED) is 0.679. The van der Waals surface area contributed by atoms with Crippen LogP contribution in [0.1, 0.15) is 30.0 Å². The predicted molar refractivity (Wildman–Crippen MR) is 105 cm³/mol. The van der Waals surface area contributed by atoms with Gasteiger partial charge in [0.25, 0.3) is 0 Å². The van der Waals surface area contributed by atoms with E-state index in [2.05, 4.69) is 33.7 Å². The van der Waals surface area contributed by atoms with Crippen molar-refractivity contribution in [1.82, 2.24) is 20.1 Å². The topological polar surface area (TPSA) is 59.8 Å². The third kappa shape index (κ3) is 3.54. The van der Waals surface area contributed by atoms with Gasteiger partial charge < -0.3 is 9.88 Å². The minimum absolute atomic E-state index is 0.0392. The van der Waals surface area contributed by atoms with Crippen molar-refractivity contribution in [2.45, 2.75) is 30.5 Å². The van der Waals surface area contributed by atoms with Gasteiger partial charge in [-0.2, -0.15) is 0 Å². The maximum Gasteiger partial charge on any atom is 0.230 e. The van der Waals surface area contributed by atoms with Gasteiger partial charge in [-0.25, -0.2) is 0 Å². The van der Waals surface area contributed by atoms with Crippen LogP contribution in [-0.4, -0.2) is 26.4 Å². The molecule has 1 N–H and O–H groups in total. The molecule has 3 aromatic rings. The molecule has 134 valence electrons. The molecule has 7 heteroatoms. The van der Waals surface area contributed by atoms with Gasteiger partial charge in [-0.15, -0.1) is 21.5 Å². The zero-order chi connectivity index (χ0) is 17.9. The van der Waals surface area contributed by atoms with Gasteiger partial charge in [-0.3, -0.25) is 4.79 Å². The molecule has 0 radical (unpaired) electrons. The second-order valence-corrected chi connectivity index (χ2v) is 8.23. The Balaban J connectivity index is 1.38. The Morgan fingerprint density at radius 3 is 3.04 bits per heavy atom. The van der Waals surface area contributed by atoms with Crippen LogP contribution in [0, 0.1) is 0 Å². The number of rotatable bonds is 5. The molecule has 1 aliphatic rings. The zero-order valence-electron chi connectivity index (χ0n) is 14.5. The first-order valence-electron chi connectivity index (χ1n) is 8.65. The highest BCUT2D eigenvalue weighted by atomic mass is 32.2. The average molecular weight is 385 g/mol. The molecule has 1 aliphatic carbocycles. The Labute approximate surface area is 160 Å². The molecule has 2 heterocycles. The fraction of sp³-hybridized carbons (Fsp3) is 0.316. The van der Waals surface area contributed by atoms with Crippen LogP contribution in [0.3, 0.4) is 0 Å². The van der Waals surface area contributed by atoms with Crippen molar-refractivity contribution in [3.63, 3.8) is 0 Å². The summed E-state index contributed by atoms with van der Waals surface area (Å²) in [5.41, 5.74) is 2.61. The number of thioether (sulfide) groups is 1. The highest BCUT2D eigenvalue weighted by molar-refractivity contribution is 7.99. The van der Waals surface area contributed by atoms with Crippen molar-refractivity contribution < 1.29 is 4.79 Å². The van der Waals surface area contributed by atoms with Gasteiger partial charge in [0.1, 0.15) is 0 Å². The van der Waals surface area contributed by atoms with Crippen molar-refractivity contribution in [2.75, 3.05) is 5.75 Å². The summed E-state index contributed by atoms with van der Waals surface area (Å²) in [7, 11) is 1.94. The number of thiophene rings is 1. The third-order valence-corrected chi connectivity index (χ3v) is 6.50. The molecule has 0 aliphatic heterocycles. The molecule has 26 heavy (non-hydrogen) atoms. The molecule has 4 rings (SSSR count). The summed E-state index contributed by atoms with van der Waals surface area (Å²) in [5, 5.41) is 14.4. The second-order valence-electron chi connectivity index (χ2n) is 6.34. The highest BCUT2D eigenvalue weighted by Crippen LogP contribution is 2.30. The van der Waals surface area contributed by atoms with E-state index < -0.39 is 0 Å². The first kappa shape index (κ1) is 17.3. The molecule has 1 atom stereocenters. The first-order chi connectivity index (χ1) is 12.7. The van der Waals surface area contributed by atoms with Crippen LogP contribution in [0.2, 0.25) is 0 Å². The standard InChI is InChI=1S/C19H20N4OS2/c1-23-18(16-10-5-11-25-16)21-22-19(23)26-12-17(24)20-15-9-4-7-13-6-2-3-8-14(13)15/h2-3,5-6,8,10-11,15H,4,7,9,12H2,1H3,(H,20,24). The van der Waals surface area contributed by atoms with E-state index in [1.54, 1.807) is 11.3 Å². The number of hydrogen-bond acceptors (Lipinski definition) is 5. The van der Waals surface area contributed by atoms with E-state index in [0.29, 0.717) is 5.75 Å². The maximum atomic E-state index is 12.5. The van der Waals surface area contributed by atoms with Gasteiger partial charge in [-0.1, -0.05) is 42.1 Å². The SMILES string of the molecule is Cn1c(SCC(=O)NC2CCCc3ccccc32)nnc1-c1cccs1. The zero-order valence-corrected chi connectivity index (χ0v) is 16.1. The Hall–Kier alpha value is -2.12. The van der Waals surface area contributed by atoms with Crippen molar-refractivity contribution in [2.24, 2.45) is 7.05 Å². The van der Waals surface area contributed by atoms with Gasteiger partial charge in [-0.05, 0) is 41.8 Å². The van der Waals surface area contributed by atoms with Gasteiger partial charge in [0.15, 0.2) is 11.0 Å². The second kappa shape index (κ2) is 7.63. The number of carbonyl (C=O) groups is 1. The van der Waals surface area contributed by atoms with E-state index in [1.807, 2.05) is 35.2 Å². The summed E-state index contributed by atoms with van der Waals surface area (Å²) >= 11 is 3.06. The molecule has 0 spiro atoms. The molecular weight excluding hydrogens is 364 g/mol. The minimum atomic E-state index is 0.0392. The summed E-state index contributed by atoms with van der Waals surface area (Å²) in [5.74, 6) is 1.22. The van der Waals surface area contributed by atoms with Crippen LogP contribution in [-0.2, 0) is 18.3 Å². The lowest BCUT2D eigenvalue weighted by atomic mass is 9.88. The Morgan fingerprint density at radius 1 is 1.31 bits per heavy atom. The molecule has 1 unspecified atom stereocenters. The molecule has 0 saturated carbocycles. The largest absolute Gasteiger partial charge is 0.349 e. The lowest BCUT2D eigenvalue weighted by Crippen LogP contribution is -2.32. The van der Waals surface area contributed by atoms with E-state index in [0.717, 1.165) is 35.1 Å². The van der Waals surface area contributed by atoms with Gasteiger partial charge in [0.2, 0.25) is 5.91 Å². The van der Waals surface area contributed by atoms with Crippen LogP contribution < -0.4 is 5.32 Å². The number of benzene rings is 1. The maximum absolute atomic E-state index is 12.5. The van der Waals surface area contributed by atoms with Crippen molar-refractivity contribution in [3.05, 3.63) is 52.9 Å². The highest BCUT2D eigenvalue weighted by Gasteiger charge is 2.21. The summed E-state index contributed by atoms with van der Waals surface area (Å²) in [6, 6.07) is 12.5. The number of nitrogens with one attached hydrogen (secondary N) is 1. The Morgan fingerprint density at radius 2 is 2.19 bits per heavy atom. The van der Waals surface area contributed by atoms with Crippen molar-refractivity contribution in [1.29, 1.82) is 0 Å². The van der Waals surface area contributed by atoms with E-state index in [1.165, 1.54) is 22.9 Å². The van der Waals surface area contributed by atoms with Crippen LogP contribution in [0.15, 0.2) is 46.9 Å². The number of hydrogen-bond donors (Lipinski definition) is 1.